The second kappa shape index (κ2) is 8.80. The predicted molar refractivity (Wildman–Crippen MR) is 72.3 cm³/mol. The summed E-state index contributed by atoms with van der Waals surface area (Å²) in [7, 11) is 0. The lowest BCUT2D eigenvalue weighted by molar-refractivity contribution is -0.173. The molecule has 0 N–H and O–H groups in total. The van der Waals surface area contributed by atoms with Gasteiger partial charge in [0.2, 0.25) is 6.29 Å². The molecule has 0 aliphatic rings. The second-order valence-corrected chi connectivity index (χ2v) is 4.98. The topological polar surface area (TPSA) is 54.0 Å². The molecule has 0 bridgehead atoms. The van der Waals surface area contributed by atoms with Gasteiger partial charge in [-0.1, -0.05) is 0 Å². The zero-order valence-corrected chi connectivity index (χ0v) is 12.9. The van der Waals surface area contributed by atoms with Gasteiger partial charge in [0.25, 0.3) is 5.95 Å². The van der Waals surface area contributed by atoms with E-state index in [1.54, 1.807) is 0 Å². The Kier molecular flexibility index (Phi) is 8.23. The molecule has 0 rings (SSSR count). The molecule has 0 spiro atoms. The Balaban J connectivity index is 4.89. The molecule has 0 radical (unpaired) electrons. The van der Waals surface area contributed by atoms with E-state index < -0.39 is 12.3 Å². The second-order valence-electron chi connectivity index (χ2n) is 4.98. The van der Waals surface area contributed by atoms with E-state index >= 15 is 0 Å². The average Bonchev–Trinajstić information content (AvgIpc) is 2.11. The summed E-state index contributed by atoms with van der Waals surface area (Å²) in [6, 6.07) is 0. The van der Waals surface area contributed by atoms with E-state index in [1.165, 1.54) is 13.0 Å². The number of esters is 1. The first kappa shape index (κ1) is 17.8. The standard InChI is InChI=1S/C14H26O5/c1-9(2)16-13(17-10(3)4)8-14(18-11(5)6)19-12(7)15/h8-11,14H,1-7H3. The fourth-order valence-electron chi connectivity index (χ4n) is 1.21. The molecular formula is C14H26O5. The molecule has 0 aliphatic carbocycles. The molecule has 1 atom stereocenters. The van der Waals surface area contributed by atoms with Crippen LogP contribution >= 0.6 is 0 Å². The van der Waals surface area contributed by atoms with Gasteiger partial charge in [-0.25, -0.2) is 0 Å². The molecule has 112 valence electrons. The van der Waals surface area contributed by atoms with Crippen LogP contribution in [-0.4, -0.2) is 30.6 Å². The van der Waals surface area contributed by atoms with Gasteiger partial charge in [0.1, 0.15) is 0 Å². The first-order chi connectivity index (χ1) is 8.70. The molecule has 0 saturated heterocycles. The molecule has 0 heterocycles. The minimum atomic E-state index is -0.815. The highest BCUT2D eigenvalue weighted by Gasteiger charge is 2.16. The third-order valence-electron chi connectivity index (χ3n) is 1.66. The molecule has 0 aromatic heterocycles. The summed E-state index contributed by atoms with van der Waals surface area (Å²) in [5.74, 6) is -0.118. The Morgan fingerprint density at radius 2 is 1.32 bits per heavy atom. The van der Waals surface area contributed by atoms with Crippen LogP contribution in [0.5, 0.6) is 0 Å². The number of hydrogen-bond donors (Lipinski definition) is 0. The Bertz CT molecular complexity index is 282. The molecule has 0 amide bonds. The highest BCUT2D eigenvalue weighted by Crippen LogP contribution is 2.12. The molecular weight excluding hydrogens is 248 g/mol. The number of rotatable bonds is 8. The fourth-order valence-corrected chi connectivity index (χ4v) is 1.21. The molecule has 0 aromatic rings. The summed E-state index contributed by atoms with van der Waals surface area (Å²) < 4.78 is 21.6. The van der Waals surface area contributed by atoms with E-state index in [1.807, 2.05) is 41.5 Å². The third kappa shape index (κ3) is 10.4. The van der Waals surface area contributed by atoms with E-state index in [-0.39, 0.29) is 18.3 Å². The summed E-state index contributed by atoms with van der Waals surface area (Å²) in [6.45, 7) is 12.6. The van der Waals surface area contributed by atoms with Crippen LogP contribution < -0.4 is 0 Å². The molecule has 5 heteroatoms. The van der Waals surface area contributed by atoms with Crippen molar-refractivity contribution in [1.82, 2.24) is 0 Å². The van der Waals surface area contributed by atoms with Gasteiger partial charge in [-0.15, -0.1) is 0 Å². The van der Waals surface area contributed by atoms with Crippen LogP contribution in [0.15, 0.2) is 12.0 Å². The van der Waals surface area contributed by atoms with Crippen LogP contribution in [0.2, 0.25) is 0 Å². The Labute approximate surface area is 115 Å². The minimum absolute atomic E-state index is 0.0398. The lowest BCUT2D eigenvalue weighted by atomic mass is 10.4. The van der Waals surface area contributed by atoms with Crippen LogP contribution in [0.1, 0.15) is 48.5 Å². The number of carbonyl (C=O) groups is 1. The van der Waals surface area contributed by atoms with E-state index in [0.29, 0.717) is 5.95 Å². The fraction of sp³-hybridized carbons (Fsp3) is 0.786. The van der Waals surface area contributed by atoms with Gasteiger partial charge < -0.3 is 18.9 Å². The predicted octanol–water partition coefficient (Wildman–Crippen LogP) is 2.99. The summed E-state index contributed by atoms with van der Waals surface area (Å²) in [5, 5.41) is 0. The molecule has 1 unspecified atom stereocenters. The quantitative estimate of drug-likeness (QED) is 0.387. The monoisotopic (exact) mass is 274 g/mol. The SMILES string of the molecule is CC(=O)OC(C=C(OC(C)C)OC(C)C)OC(C)C. The van der Waals surface area contributed by atoms with Gasteiger partial charge in [-0.05, 0) is 41.5 Å². The molecule has 0 fully saturated rings. The van der Waals surface area contributed by atoms with Crippen molar-refractivity contribution in [2.75, 3.05) is 0 Å². The summed E-state index contributed by atoms with van der Waals surface area (Å²) in [5.41, 5.74) is 0. The minimum Gasteiger partial charge on any atom is -0.463 e. The van der Waals surface area contributed by atoms with E-state index in [4.69, 9.17) is 18.9 Å². The van der Waals surface area contributed by atoms with Gasteiger partial charge in [0.15, 0.2) is 0 Å². The van der Waals surface area contributed by atoms with Crippen LogP contribution in [0.4, 0.5) is 0 Å². The maximum Gasteiger partial charge on any atom is 0.305 e. The molecule has 0 saturated carbocycles. The largest absolute Gasteiger partial charge is 0.463 e. The Morgan fingerprint density at radius 3 is 1.63 bits per heavy atom. The van der Waals surface area contributed by atoms with Crippen LogP contribution in [0, 0.1) is 0 Å². The van der Waals surface area contributed by atoms with Crippen LogP contribution in [0.25, 0.3) is 0 Å². The highest BCUT2D eigenvalue weighted by molar-refractivity contribution is 5.66. The number of ether oxygens (including phenoxy) is 4. The summed E-state index contributed by atoms with van der Waals surface area (Å²) >= 11 is 0. The lowest BCUT2D eigenvalue weighted by Crippen LogP contribution is -2.23. The Morgan fingerprint density at radius 1 is 0.842 bits per heavy atom. The van der Waals surface area contributed by atoms with Crippen molar-refractivity contribution in [3.63, 3.8) is 0 Å². The highest BCUT2D eigenvalue weighted by atomic mass is 16.7. The van der Waals surface area contributed by atoms with Crippen molar-refractivity contribution < 1.29 is 23.7 Å². The summed E-state index contributed by atoms with van der Waals surface area (Å²) in [4.78, 5) is 11.0. The smallest absolute Gasteiger partial charge is 0.305 e. The van der Waals surface area contributed by atoms with Crippen molar-refractivity contribution >= 4 is 5.97 Å². The lowest BCUT2D eigenvalue weighted by Gasteiger charge is -2.21. The van der Waals surface area contributed by atoms with Gasteiger partial charge in [-0.3, -0.25) is 4.79 Å². The van der Waals surface area contributed by atoms with E-state index in [2.05, 4.69) is 0 Å². The van der Waals surface area contributed by atoms with Gasteiger partial charge in [-0.2, -0.15) is 0 Å². The van der Waals surface area contributed by atoms with Crippen LogP contribution in [0.3, 0.4) is 0 Å². The zero-order chi connectivity index (χ0) is 15.0. The number of carbonyl (C=O) groups excluding carboxylic acids is 1. The van der Waals surface area contributed by atoms with Gasteiger partial charge in [0.05, 0.1) is 24.4 Å². The van der Waals surface area contributed by atoms with E-state index in [9.17, 15) is 4.79 Å². The van der Waals surface area contributed by atoms with Crippen molar-refractivity contribution in [3.05, 3.63) is 12.0 Å². The van der Waals surface area contributed by atoms with Crippen molar-refractivity contribution in [3.8, 4) is 0 Å². The summed E-state index contributed by atoms with van der Waals surface area (Å²) in [6.07, 6.45) is 0.551. The maximum absolute atomic E-state index is 11.0. The first-order valence-corrected chi connectivity index (χ1v) is 6.58. The molecule has 19 heavy (non-hydrogen) atoms. The van der Waals surface area contributed by atoms with Crippen molar-refractivity contribution in [2.45, 2.75) is 73.1 Å². The van der Waals surface area contributed by atoms with Gasteiger partial charge in [0, 0.05) is 6.92 Å². The van der Waals surface area contributed by atoms with E-state index in [0.717, 1.165) is 0 Å². The molecule has 0 aromatic carbocycles. The van der Waals surface area contributed by atoms with Crippen LogP contribution in [-0.2, 0) is 23.7 Å². The first-order valence-electron chi connectivity index (χ1n) is 6.58. The Hall–Kier alpha value is -1.23. The third-order valence-corrected chi connectivity index (χ3v) is 1.66. The van der Waals surface area contributed by atoms with Crippen molar-refractivity contribution in [2.24, 2.45) is 0 Å². The molecule has 5 nitrogen and oxygen atoms in total. The number of hydrogen-bond acceptors (Lipinski definition) is 5. The normalized spacial score (nSPS) is 12.5. The van der Waals surface area contributed by atoms with Crippen molar-refractivity contribution in [1.29, 1.82) is 0 Å². The zero-order valence-electron chi connectivity index (χ0n) is 12.9. The maximum atomic E-state index is 11.0. The average molecular weight is 274 g/mol. The molecule has 0 aliphatic heterocycles. The van der Waals surface area contributed by atoms with Gasteiger partial charge >= 0.3 is 5.97 Å².